The topological polar surface area (TPSA) is 17.1 Å². The third-order valence-electron chi connectivity index (χ3n) is 1.19. The van der Waals surface area contributed by atoms with Crippen molar-refractivity contribution in [2.24, 2.45) is 5.92 Å². The SMILES string of the molecule is CC(=O)C(F)(Cl)C(C)C. The Balaban J connectivity index is 4.19. The van der Waals surface area contributed by atoms with Crippen molar-refractivity contribution in [3.63, 3.8) is 0 Å². The fourth-order valence-electron chi connectivity index (χ4n) is 0.407. The molecule has 0 aromatic rings. The number of carbonyl (C=O) groups excluding carboxylic acids is 1. The molecule has 54 valence electrons. The molecule has 0 heterocycles. The molecule has 0 aromatic heterocycles. The summed E-state index contributed by atoms with van der Waals surface area (Å²) in [5.74, 6) is -1.09. The first-order valence-corrected chi connectivity index (χ1v) is 3.15. The number of alkyl halides is 2. The molecule has 0 aromatic carbocycles. The predicted octanol–water partition coefficient (Wildman–Crippen LogP) is 2.14. The highest BCUT2D eigenvalue weighted by Gasteiger charge is 2.35. The predicted molar refractivity (Wildman–Crippen MR) is 35.2 cm³/mol. The number of hydrogen-bond acceptors (Lipinski definition) is 1. The molecule has 0 aliphatic heterocycles. The molecule has 0 spiro atoms. The van der Waals surface area contributed by atoms with E-state index < -0.39 is 16.8 Å². The molecule has 0 bridgehead atoms. The second-order valence-corrected chi connectivity index (χ2v) is 2.88. The lowest BCUT2D eigenvalue weighted by molar-refractivity contribution is -0.125. The molecule has 0 amide bonds. The second kappa shape index (κ2) is 2.65. The average molecular weight is 153 g/mol. The summed E-state index contributed by atoms with van der Waals surface area (Å²) in [6, 6.07) is 0. The van der Waals surface area contributed by atoms with Crippen LogP contribution < -0.4 is 0 Å². The minimum absolute atomic E-state index is 0.461. The Labute approximate surface area is 59.2 Å². The van der Waals surface area contributed by atoms with Gasteiger partial charge in [0.05, 0.1) is 0 Å². The van der Waals surface area contributed by atoms with Gasteiger partial charge in [-0.2, -0.15) is 0 Å². The van der Waals surface area contributed by atoms with E-state index in [4.69, 9.17) is 11.6 Å². The third kappa shape index (κ3) is 1.94. The van der Waals surface area contributed by atoms with Gasteiger partial charge in [0, 0.05) is 5.92 Å². The molecular formula is C6H10ClFO. The Bertz CT molecular complexity index is 120. The van der Waals surface area contributed by atoms with E-state index in [1.165, 1.54) is 0 Å². The van der Waals surface area contributed by atoms with E-state index in [0.29, 0.717) is 0 Å². The smallest absolute Gasteiger partial charge is 0.243 e. The number of Topliss-reactive ketones (excluding diaryl/α,β-unsaturated/α-hetero) is 1. The lowest BCUT2D eigenvalue weighted by Crippen LogP contribution is -2.30. The van der Waals surface area contributed by atoms with Crippen molar-refractivity contribution < 1.29 is 9.18 Å². The minimum atomic E-state index is -2.17. The van der Waals surface area contributed by atoms with Crippen molar-refractivity contribution in [3.05, 3.63) is 0 Å². The Kier molecular flexibility index (Phi) is 2.62. The summed E-state index contributed by atoms with van der Waals surface area (Å²) in [5, 5.41) is -2.17. The van der Waals surface area contributed by atoms with Gasteiger partial charge in [0.2, 0.25) is 5.13 Å². The van der Waals surface area contributed by atoms with Crippen LogP contribution in [0, 0.1) is 5.92 Å². The molecule has 0 fully saturated rings. The summed E-state index contributed by atoms with van der Waals surface area (Å²) in [6.45, 7) is 4.27. The minimum Gasteiger partial charge on any atom is -0.295 e. The van der Waals surface area contributed by atoms with E-state index in [0.717, 1.165) is 6.92 Å². The van der Waals surface area contributed by atoms with Gasteiger partial charge in [-0.3, -0.25) is 4.79 Å². The van der Waals surface area contributed by atoms with Gasteiger partial charge < -0.3 is 0 Å². The highest BCUT2D eigenvalue weighted by molar-refractivity contribution is 6.33. The van der Waals surface area contributed by atoms with Gasteiger partial charge in [-0.05, 0) is 6.92 Å². The lowest BCUT2D eigenvalue weighted by Gasteiger charge is -2.17. The van der Waals surface area contributed by atoms with E-state index in [1.807, 2.05) is 0 Å². The van der Waals surface area contributed by atoms with E-state index in [2.05, 4.69) is 0 Å². The first-order valence-electron chi connectivity index (χ1n) is 2.78. The Morgan fingerprint density at radius 3 is 2.00 bits per heavy atom. The quantitative estimate of drug-likeness (QED) is 0.554. The average Bonchev–Trinajstić information content (AvgIpc) is 1.65. The van der Waals surface area contributed by atoms with Crippen LogP contribution in [0.4, 0.5) is 4.39 Å². The van der Waals surface area contributed by atoms with Crippen LogP contribution in [-0.4, -0.2) is 10.9 Å². The maximum atomic E-state index is 12.8. The summed E-state index contributed by atoms with van der Waals surface area (Å²) in [6.07, 6.45) is 0. The zero-order chi connectivity index (χ0) is 7.65. The first-order chi connectivity index (χ1) is 3.89. The summed E-state index contributed by atoms with van der Waals surface area (Å²) in [4.78, 5) is 10.4. The fourth-order valence-corrected chi connectivity index (χ4v) is 0.407. The van der Waals surface area contributed by atoms with Gasteiger partial charge in [-0.25, -0.2) is 4.39 Å². The van der Waals surface area contributed by atoms with Gasteiger partial charge in [0.1, 0.15) is 0 Å². The summed E-state index contributed by atoms with van der Waals surface area (Å²) in [5.41, 5.74) is 0. The normalized spacial score (nSPS) is 17.6. The van der Waals surface area contributed by atoms with Gasteiger partial charge >= 0.3 is 0 Å². The summed E-state index contributed by atoms with van der Waals surface area (Å²) >= 11 is 5.19. The largest absolute Gasteiger partial charge is 0.295 e. The molecule has 0 radical (unpaired) electrons. The molecule has 1 nitrogen and oxygen atoms in total. The van der Waals surface area contributed by atoms with Crippen molar-refractivity contribution in [2.45, 2.75) is 25.9 Å². The molecule has 0 aliphatic carbocycles. The highest BCUT2D eigenvalue weighted by Crippen LogP contribution is 2.27. The molecule has 3 heteroatoms. The molecule has 1 atom stereocenters. The Morgan fingerprint density at radius 2 is 2.00 bits per heavy atom. The van der Waals surface area contributed by atoms with Crippen LogP contribution in [0.15, 0.2) is 0 Å². The molecule has 0 saturated carbocycles. The van der Waals surface area contributed by atoms with Gasteiger partial charge in [-0.15, -0.1) is 0 Å². The van der Waals surface area contributed by atoms with Crippen LogP contribution >= 0.6 is 11.6 Å². The molecule has 1 unspecified atom stereocenters. The number of halogens is 2. The monoisotopic (exact) mass is 152 g/mol. The zero-order valence-corrected chi connectivity index (χ0v) is 6.50. The fraction of sp³-hybridized carbons (Fsp3) is 0.833. The maximum absolute atomic E-state index is 12.8. The van der Waals surface area contributed by atoms with Crippen LogP contribution in [0.25, 0.3) is 0 Å². The lowest BCUT2D eigenvalue weighted by atomic mass is 10.1. The standard InChI is InChI=1S/C6H10ClFO/c1-4(2)6(7,8)5(3)9/h4H,1-3H3. The van der Waals surface area contributed by atoms with Crippen LogP contribution in [-0.2, 0) is 4.79 Å². The van der Waals surface area contributed by atoms with Gasteiger partial charge in [-0.1, -0.05) is 25.4 Å². The third-order valence-corrected chi connectivity index (χ3v) is 1.90. The molecule has 0 saturated heterocycles. The number of hydrogen-bond donors (Lipinski definition) is 0. The van der Waals surface area contributed by atoms with E-state index >= 15 is 0 Å². The Morgan fingerprint density at radius 1 is 1.67 bits per heavy atom. The zero-order valence-electron chi connectivity index (χ0n) is 5.74. The van der Waals surface area contributed by atoms with Crippen molar-refractivity contribution in [2.75, 3.05) is 0 Å². The second-order valence-electron chi connectivity index (χ2n) is 2.33. The molecular weight excluding hydrogens is 143 g/mol. The van der Waals surface area contributed by atoms with Crippen LogP contribution in [0.2, 0.25) is 0 Å². The van der Waals surface area contributed by atoms with Crippen molar-refractivity contribution in [3.8, 4) is 0 Å². The van der Waals surface area contributed by atoms with Gasteiger partial charge in [0.15, 0.2) is 5.78 Å². The van der Waals surface area contributed by atoms with Crippen LogP contribution in [0.1, 0.15) is 20.8 Å². The molecule has 0 aliphatic rings. The Hall–Kier alpha value is -0.110. The summed E-state index contributed by atoms with van der Waals surface area (Å²) in [7, 11) is 0. The number of carbonyl (C=O) groups is 1. The number of rotatable bonds is 2. The molecule has 9 heavy (non-hydrogen) atoms. The summed E-state index contributed by atoms with van der Waals surface area (Å²) < 4.78 is 12.8. The molecule has 0 rings (SSSR count). The van der Waals surface area contributed by atoms with E-state index in [-0.39, 0.29) is 0 Å². The van der Waals surface area contributed by atoms with E-state index in [9.17, 15) is 9.18 Å². The highest BCUT2D eigenvalue weighted by atomic mass is 35.5. The van der Waals surface area contributed by atoms with Crippen LogP contribution in [0.5, 0.6) is 0 Å². The van der Waals surface area contributed by atoms with Gasteiger partial charge in [0.25, 0.3) is 0 Å². The van der Waals surface area contributed by atoms with E-state index in [1.54, 1.807) is 13.8 Å². The number of ketones is 1. The van der Waals surface area contributed by atoms with Crippen molar-refractivity contribution >= 4 is 17.4 Å². The van der Waals surface area contributed by atoms with Crippen molar-refractivity contribution in [1.82, 2.24) is 0 Å². The first kappa shape index (κ1) is 8.89. The van der Waals surface area contributed by atoms with Crippen molar-refractivity contribution in [1.29, 1.82) is 0 Å². The maximum Gasteiger partial charge on any atom is 0.243 e. The molecule has 0 N–H and O–H groups in total. The van der Waals surface area contributed by atoms with Crippen LogP contribution in [0.3, 0.4) is 0 Å².